The smallest absolute Gasteiger partial charge is 0.220 e. The van der Waals surface area contributed by atoms with E-state index >= 15 is 0 Å². The number of benzene rings is 1. The second kappa shape index (κ2) is 6.17. The summed E-state index contributed by atoms with van der Waals surface area (Å²) in [6, 6.07) is 7.58. The largest absolute Gasteiger partial charge is 0.390 e. The third-order valence-corrected chi connectivity index (χ3v) is 3.91. The van der Waals surface area contributed by atoms with E-state index in [1.807, 2.05) is 31.2 Å². The summed E-state index contributed by atoms with van der Waals surface area (Å²) in [5, 5.41) is 13.0. The number of fused-ring (bicyclic) bond motifs is 1. The fraction of sp³-hybridized carbons (Fsp3) is 0.533. The third-order valence-electron chi connectivity index (χ3n) is 3.91. The Kier molecular flexibility index (Phi) is 4.56. The predicted octanol–water partition coefficient (Wildman–Crippen LogP) is 1.14. The molecular formula is C15H22N2O2. The van der Waals surface area contributed by atoms with Gasteiger partial charge in [0.15, 0.2) is 0 Å². The van der Waals surface area contributed by atoms with Gasteiger partial charge < -0.3 is 16.2 Å². The van der Waals surface area contributed by atoms with Crippen LogP contribution in [0.4, 0.5) is 0 Å². The Morgan fingerprint density at radius 3 is 2.95 bits per heavy atom. The van der Waals surface area contributed by atoms with Crippen molar-refractivity contribution in [3.63, 3.8) is 0 Å². The molecule has 1 aromatic rings. The van der Waals surface area contributed by atoms with E-state index in [0.717, 1.165) is 17.5 Å². The number of nitrogens with two attached hydrogens (primary N) is 1. The van der Waals surface area contributed by atoms with Crippen molar-refractivity contribution in [3.05, 3.63) is 35.4 Å². The molecule has 1 amide bonds. The average Bonchev–Trinajstić information content (AvgIpc) is 2.72. The summed E-state index contributed by atoms with van der Waals surface area (Å²) in [5.41, 5.74) is 7.76. The normalized spacial score (nSPS) is 22.9. The van der Waals surface area contributed by atoms with E-state index in [0.29, 0.717) is 19.4 Å². The number of carbonyl (C=O) groups excluding carboxylic acids is 1. The number of rotatable bonds is 5. The molecule has 0 heterocycles. The average molecular weight is 262 g/mol. The lowest BCUT2D eigenvalue weighted by molar-refractivity contribution is -0.123. The summed E-state index contributed by atoms with van der Waals surface area (Å²) >= 11 is 0. The summed E-state index contributed by atoms with van der Waals surface area (Å²) < 4.78 is 0. The second-order valence-electron chi connectivity index (χ2n) is 5.23. The fourth-order valence-corrected chi connectivity index (χ4v) is 2.64. The highest BCUT2D eigenvalue weighted by Gasteiger charge is 2.31. The van der Waals surface area contributed by atoms with E-state index in [2.05, 4.69) is 5.32 Å². The van der Waals surface area contributed by atoms with Crippen molar-refractivity contribution in [1.29, 1.82) is 0 Å². The molecule has 0 saturated heterocycles. The first-order valence-corrected chi connectivity index (χ1v) is 6.91. The number of hydrogen-bond donors (Lipinski definition) is 3. The first kappa shape index (κ1) is 14.0. The maximum atomic E-state index is 12.0. The molecule has 4 N–H and O–H groups in total. The van der Waals surface area contributed by atoms with Crippen molar-refractivity contribution in [2.24, 2.45) is 11.7 Å². The van der Waals surface area contributed by atoms with Gasteiger partial charge in [0.1, 0.15) is 0 Å². The van der Waals surface area contributed by atoms with Gasteiger partial charge in [0.2, 0.25) is 5.91 Å². The van der Waals surface area contributed by atoms with Crippen molar-refractivity contribution in [2.75, 3.05) is 6.54 Å². The van der Waals surface area contributed by atoms with Crippen molar-refractivity contribution in [2.45, 2.75) is 38.3 Å². The molecule has 0 aliphatic heterocycles. The van der Waals surface area contributed by atoms with Crippen LogP contribution in [-0.2, 0) is 11.2 Å². The number of amides is 1. The zero-order valence-corrected chi connectivity index (χ0v) is 11.3. The van der Waals surface area contributed by atoms with E-state index in [1.54, 1.807) is 0 Å². The lowest BCUT2D eigenvalue weighted by Gasteiger charge is -2.19. The molecule has 1 aliphatic rings. The quantitative estimate of drug-likeness (QED) is 0.744. The lowest BCUT2D eigenvalue weighted by Crippen LogP contribution is -2.35. The number of carbonyl (C=O) groups is 1. The molecule has 104 valence electrons. The van der Waals surface area contributed by atoms with Crippen LogP contribution in [0.2, 0.25) is 0 Å². The van der Waals surface area contributed by atoms with Crippen LogP contribution < -0.4 is 11.1 Å². The minimum atomic E-state index is -0.528. The summed E-state index contributed by atoms with van der Waals surface area (Å²) in [6.45, 7) is 2.55. The molecule has 0 radical (unpaired) electrons. The Morgan fingerprint density at radius 1 is 1.53 bits per heavy atom. The molecule has 1 aromatic carbocycles. The number of aliphatic hydroxyl groups excluding tert-OH is 1. The molecule has 4 heteroatoms. The van der Waals surface area contributed by atoms with E-state index in [1.165, 1.54) is 0 Å². The molecule has 2 rings (SSSR count). The van der Waals surface area contributed by atoms with Crippen LogP contribution in [0.25, 0.3) is 0 Å². The Balaban J connectivity index is 2.01. The summed E-state index contributed by atoms with van der Waals surface area (Å²) in [7, 11) is 0. The maximum absolute atomic E-state index is 12.0. The highest BCUT2D eigenvalue weighted by atomic mass is 16.3. The van der Waals surface area contributed by atoms with Gasteiger partial charge in [0.25, 0.3) is 0 Å². The minimum Gasteiger partial charge on any atom is -0.390 e. The number of hydrogen-bond acceptors (Lipinski definition) is 3. The second-order valence-corrected chi connectivity index (χ2v) is 5.23. The van der Waals surface area contributed by atoms with Gasteiger partial charge in [-0.05, 0) is 23.6 Å². The Labute approximate surface area is 114 Å². The maximum Gasteiger partial charge on any atom is 0.220 e. The zero-order chi connectivity index (χ0) is 13.8. The van der Waals surface area contributed by atoms with Gasteiger partial charge in [0, 0.05) is 12.8 Å². The van der Waals surface area contributed by atoms with E-state index < -0.39 is 6.10 Å². The number of nitrogens with one attached hydrogen (secondary N) is 1. The lowest BCUT2D eigenvalue weighted by atomic mass is 10.0. The summed E-state index contributed by atoms with van der Waals surface area (Å²) in [5.74, 6) is 0.187. The van der Waals surface area contributed by atoms with Crippen LogP contribution in [0.15, 0.2) is 24.3 Å². The molecule has 3 atom stereocenters. The van der Waals surface area contributed by atoms with Gasteiger partial charge in [-0.25, -0.2) is 0 Å². The SMILES string of the molecule is CCC(CN)CC(=O)N[C@H]1c2ccccc2C[C@H]1O. The van der Waals surface area contributed by atoms with Gasteiger partial charge in [0.05, 0.1) is 12.1 Å². The van der Waals surface area contributed by atoms with Crippen LogP contribution in [0.3, 0.4) is 0 Å². The monoisotopic (exact) mass is 262 g/mol. The van der Waals surface area contributed by atoms with Crippen molar-refractivity contribution in [1.82, 2.24) is 5.32 Å². The standard InChI is InChI=1S/C15H22N2O2/c1-2-10(9-16)7-14(19)17-15-12-6-4-3-5-11(12)8-13(15)18/h3-6,10,13,15,18H,2,7-9,16H2,1H3,(H,17,19)/t10?,13-,15+/m1/s1. The predicted molar refractivity (Wildman–Crippen MR) is 74.5 cm³/mol. The molecule has 0 bridgehead atoms. The first-order chi connectivity index (χ1) is 9.15. The molecule has 1 aliphatic carbocycles. The third kappa shape index (κ3) is 3.14. The van der Waals surface area contributed by atoms with Crippen LogP contribution in [0, 0.1) is 5.92 Å². The van der Waals surface area contributed by atoms with Crippen molar-refractivity contribution >= 4 is 5.91 Å². The Bertz CT molecular complexity index is 444. The van der Waals surface area contributed by atoms with Crippen LogP contribution in [-0.4, -0.2) is 23.7 Å². The molecular weight excluding hydrogens is 240 g/mol. The highest BCUT2D eigenvalue weighted by molar-refractivity contribution is 5.77. The molecule has 0 saturated carbocycles. The minimum absolute atomic E-state index is 0.0296. The fourth-order valence-electron chi connectivity index (χ4n) is 2.64. The zero-order valence-electron chi connectivity index (χ0n) is 11.3. The van der Waals surface area contributed by atoms with Crippen LogP contribution >= 0.6 is 0 Å². The highest BCUT2D eigenvalue weighted by Crippen LogP contribution is 2.31. The molecule has 1 unspecified atom stereocenters. The molecule has 0 fully saturated rings. The van der Waals surface area contributed by atoms with Gasteiger partial charge >= 0.3 is 0 Å². The molecule has 0 aromatic heterocycles. The van der Waals surface area contributed by atoms with Gasteiger partial charge in [-0.2, -0.15) is 0 Å². The first-order valence-electron chi connectivity index (χ1n) is 6.91. The summed E-state index contributed by atoms with van der Waals surface area (Å²) in [6.07, 6.45) is 1.40. The Hall–Kier alpha value is -1.39. The van der Waals surface area contributed by atoms with E-state index in [-0.39, 0.29) is 17.9 Å². The Morgan fingerprint density at radius 2 is 2.26 bits per heavy atom. The summed E-state index contributed by atoms with van der Waals surface area (Å²) in [4.78, 5) is 12.0. The van der Waals surface area contributed by atoms with Crippen molar-refractivity contribution in [3.8, 4) is 0 Å². The molecule has 0 spiro atoms. The van der Waals surface area contributed by atoms with Crippen LogP contribution in [0.1, 0.15) is 36.9 Å². The molecule has 19 heavy (non-hydrogen) atoms. The van der Waals surface area contributed by atoms with Gasteiger partial charge in [-0.3, -0.25) is 4.79 Å². The molecule has 4 nitrogen and oxygen atoms in total. The van der Waals surface area contributed by atoms with Gasteiger partial charge in [-0.1, -0.05) is 37.6 Å². The van der Waals surface area contributed by atoms with Crippen molar-refractivity contribution < 1.29 is 9.90 Å². The van der Waals surface area contributed by atoms with Crippen LogP contribution in [0.5, 0.6) is 0 Å². The van der Waals surface area contributed by atoms with E-state index in [9.17, 15) is 9.90 Å². The number of aliphatic hydroxyl groups is 1. The van der Waals surface area contributed by atoms with E-state index in [4.69, 9.17) is 5.73 Å². The van der Waals surface area contributed by atoms with Gasteiger partial charge in [-0.15, -0.1) is 0 Å². The topological polar surface area (TPSA) is 75.4 Å².